The van der Waals surface area contributed by atoms with Gasteiger partial charge in [0.1, 0.15) is 5.60 Å². The Bertz CT molecular complexity index is 322. The number of rotatable bonds is 2. The summed E-state index contributed by atoms with van der Waals surface area (Å²) in [6.07, 6.45) is 6.53. The van der Waals surface area contributed by atoms with Crippen LogP contribution in [0.1, 0.15) is 27.7 Å². The maximum Gasteiger partial charge on any atom is 0.153 e. The molecule has 0 saturated heterocycles. The Labute approximate surface area is 89.1 Å². The van der Waals surface area contributed by atoms with Crippen molar-refractivity contribution >= 4 is 11.1 Å². The topological polar surface area (TPSA) is 26.3 Å². The van der Waals surface area contributed by atoms with E-state index in [-0.39, 0.29) is 5.41 Å². The predicted molar refractivity (Wildman–Crippen MR) is 59.6 cm³/mol. The molecule has 2 unspecified atom stereocenters. The van der Waals surface area contributed by atoms with Gasteiger partial charge in [0, 0.05) is 11.7 Å². The Balaban J connectivity index is 5.08. The van der Waals surface area contributed by atoms with Crippen LogP contribution in [0, 0.1) is 29.6 Å². The number of terminal acetylenes is 1. The highest BCUT2D eigenvalue weighted by molar-refractivity contribution is 7.79. The average molecular weight is 212 g/mol. The second-order valence-electron chi connectivity index (χ2n) is 4.16. The molecule has 0 bridgehead atoms. The molecule has 0 spiro atoms. The van der Waals surface area contributed by atoms with Crippen LogP contribution in [-0.4, -0.2) is 16.1 Å². The third-order valence-corrected chi connectivity index (χ3v) is 2.66. The van der Waals surface area contributed by atoms with Crippen molar-refractivity contribution < 1.29 is 8.39 Å². The Morgan fingerprint density at radius 1 is 1.29 bits per heavy atom. The minimum Gasteiger partial charge on any atom is -0.271 e. The lowest BCUT2D eigenvalue weighted by atomic mass is 9.78. The molecule has 0 aliphatic heterocycles. The molecule has 0 aromatic rings. The van der Waals surface area contributed by atoms with Gasteiger partial charge in [-0.1, -0.05) is 26.7 Å². The fourth-order valence-corrected chi connectivity index (χ4v) is 1.48. The summed E-state index contributed by atoms with van der Waals surface area (Å²) in [6.45, 7) is 7.68. The summed E-state index contributed by atoms with van der Waals surface area (Å²) >= 11 is -1.36. The van der Waals surface area contributed by atoms with Crippen molar-refractivity contribution in [2.24, 2.45) is 5.41 Å². The molecule has 0 rings (SSSR count). The molecule has 78 valence electrons. The van der Waals surface area contributed by atoms with Crippen molar-refractivity contribution in [1.29, 1.82) is 0 Å². The summed E-state index contributed by atoms with van der Waals surface area (Å²) in [6, 6.07) is 0. The maximum atomic E-state index is 11.0. The lowest BCUT2D eigenvalue weighted by molar-refractivity contribution is 0.0516. The largest absolute Gasteiger partial charge is 0.271 e. The second kappa shape index (κ2) is 4.64. The molecule has 0 fully saturated rings. The van der Waals surface area contributed by atoms with Crippen molar-refractivity contribution in [2.45, 2.75) is 33.3 Å². The first kappa shape index (κ1) is 13.2. The van der Waals surface area contributed by atoms with Crippen LogP contribution in [0.2, 0.25) is 0 Å². The highest BCUT2D eigenvalue weighted by Gasteiger charge is 2.38. The van der Waals surface area contributed by atoms with Gasteiger partial charge >= 0.3 is 0 Å². The van der Waals surface area contributed by atoms with E-state index in [0.29, 0.717) is 0 Å². The quantitative estimate of drug-likeness (QED) is 0.652. The SMILES string of the molecule is C#CC#CC(C)(OS(C)=O)C(C)(C)C. The van der Waals surface area contributed by atoms with Gasteiger partial charge in [-0.15, -0.1) is 6.42 Å². The van der Waals surface area contributed by atoms with Crippen LogP contribution < -0.4 is 0 Å². The monoisotopic (exact) mass is 212 g/mol. The van der Waals surface area contributed by atoms with E-state index in [1.165, 1.54) is 6.26 Å². The summed E-state index contributed by atoms with van der Waals surface area (Å²) in [7, 11) is 0. The molecular weight excluding hydrogens is 196 g/mol. The van der Waals surface area contributed by atoms with Crippen molar-refractivity contribution in [1.82, 2.24) is 0 Å². The van der Waals surface area contributed by atoms with Gasteiger partial charge in [-0.2, -0.15) is 0 Å². The highest BCUT2D eigenvalue weighted by Crippen LogP contribution is 2.33. The van der Waals surface area contributed by atoms with Gasteiger partial charge in [-0.05, 0) is 18.8 Å². The summed E-state index contributed by atoms with van der Waals surface area (Å²) in [4.78, 5) is 0. The number of hydrogen-bond acceptors (Lipinski definition) is 2. The lowest BCUT2D eigenvalue weighted by Crippen LogP contribution is -2.41. The van der Waals surface area contributed by atoms with Gasteiger partial charge in [0.05, 0.1) is 0 Å². The zero-order chi connectivity index (χ0) is 11.4. The fraction of sp³-hybridized carbons (Fsp3) is 0.636. The molecule has 0 amide bonds. The summed E-state index contributed by atoms with van der Waals surface area (Å²) in [5.41, 5.74) is -1.04. The molecule has 0 radical (unpaired) electrons. The van der Waals surface area contributed by atoms with E-state index < -0.39 is 16.7 Å². The third-order valence-electron chi connectivity index (χ3n) is 2.09. The van der Waals surface area contributed by atoms with Crippen molar-refractivity contribution in [3.8, 4) is 24.2 Å². The Hall–Kier alpha value is -0.770. The first-order valence-corrected chi connectivity index (χ1v) is 5.72. The van der Waals surface area contributed by atoms with Crippen LogP contribution >= 0.6 is 0 Å². The molecule has 0 saturated carbocycles. The minimum atomic E-state index is -1.36. The molecule has 0 aliphatic rings. The molecule has 2 atom stereocenters. The van der Waals surface area contributed by atoms with E-state index in [4.69, 9.17) is 10.6 Å². The van der Waals surface area contributed by atoms with Gasteiger partial charge < -0.3 is 0 Å². The summed E-state index contributed by atoms with van der Waals surface area (Å²) < 4.78 is 16.3. The van der Waals surface area contributed by atoms with Crippen LogP contribution in [0.15, 0.2) is 0 Å². The molecule has 14 heavy (non-hydrogen) atoms. The first-order valence-electron chi connectivity index (χ1n) is 4.23. The molecule has 3 heteroatoms. The van der Waals surface area contributed by atoms with Crippen molar-refractivity contribution in [3.05, 3.63) is 0 Å². The Kier molecular flexibility index (Phi) is 4.39. The van der Waals surface area contributed by atoms with Crippen molar-refractivity contribution in [3.63, 3.8) is 0 Å². The second-order valence-corrected chi connectivity index (χ2v) is 5.13. The van der Waals surface area contributed by atoms with Crippen LogP contribution in [0.3, 0.4) is 0 Å². The zero-order valence-electron chi connectivity index (χ0n) is 9.30. The smallest absolute Gasteiger partial charge is 0.153 e. The van der Waals surface area contributed by atoms with Crippen molar-refractivity contribution in [2.75, 3.05) is 6.26 Å². The first-order chi connectivity index (χ1) is 6.23. The van der Waals surface area contributed by atoms with Gasteiger partial charge in [-0.25, -0.2) is 4.21 Å². The molecule has 0 aromatic carbocycles. The highest BCUT2D eigenvalue weighted by atomic mass is 32.2. The van der Waals surface area contributed by atoms with Gasteiger partial charge in [0.15, 0.2) is 11.1 Å². The van der Waals surface area contributed by atoms with E-state index in [0.717, 1.165) is 0 Å². The van der Waals surface area contributed by atoms with Gasteiger partial charge in [-0.3, -0.25) is 4.18 Å². The standard InChI is InChI=1S/C11H16O2S/c1-7-8-9-11(5,10(2,3)4)13-14(6)12/h1H,2-6H3. The molecule has 0 N–H and O–H groups in total. The van der Waals surface area contributed by atoms with Crippen LogP contribution in [0.4, 0.5) is 0 Å². The molecule has 0 heterocycles. The van der Waals surface area contributed by atoms with E-state index in [1.807, 2.05) is 20.8 Å². The Morgan fingerprint density at radius 2 is 1.79 bits per heavy atom. The maximum absolute atomic E-state index is 11.0. The molecule has 0 aromatic heterocycles. The van der Waals surface area contributed by atoms with Gasteiger partial charge in [0.25, 0.3) is 0 Å². The lowest BCUT2D eigenvalue weighted by Gasteiger charge is -2.35. The molecular formula is C11H16O2S. The van der Waals surface area contributed by atoms with E-state index in [1.54, 1.807) is 6.92 Å². The molecule has 2 nitrogen and oxygen atoms in total. The van der Waals surface area contributed by atoms with Crippen LogP contribution in [0.5, 0.6) is 0 Å². The average Bonchev–Trinajstić information content (AvgIpc) is 1.97. The van der Waals surface area contributed by atoms with E-state index >= 15 is 0 Å². The normalized spacial score (nSPS) is 17.1. The molecule has 0 aliphatic carbocycles. The Morgan fingerprint density at radius 3 is 2.07 bits per heavy atom. The van der Waals surface area contributed by atoms with Gasteiger partial charge in [0.2, 0.25) is 0 Å². The summed E-state index contributed by atoms with van der Waals surface area (Å²) in [5, 5.41) is 0. The number of hydrogen-bond donors (Lipinski definition) is 0. The summed E-state index contributed by atoms with van der Waals surface area (Å²) in [5.74, 6) is 7.56. The van der Waals surface area contributed by atoms with E-state index in [9.17, 15) is 4.21 Å². The van der Waals surface area contributed by atoms with E-state index in [2.05, 4.69) is 17.8 Å². The fourth-order valence-electron chi connectivity index (χ4n) is 0.723. The van der Waals surface area contributed by atoms with Crippen LogP contribution in [-0.2, 0) is 15.3 Å². The van der Waals surface area contributed by atoms with Crippen LogP contribution in [0.25, 0.3) is 0 Å². The minimum absolute atomic E-state index is 0.248. The zero-order valence-corrected chi connectivity index (χ0v) is 10.1. The third kappa shape index (κ3) is 3.54. The predicted octanol–water partition coefficient (Wildman–Crippen LogP) is 1.74.